The van der Waals surface area contributed by atoms with Crippen molar-refractivity contribution in [3.8, 4) is 0 Å². The Balaban J connectivity index is 0.00000784. The summed E-state index contributed by atoms with van der Waals surface area (Å²) in [5, 5.41) is 58.7. The number of nitrogens with one attached hydrogen (secondary N) is 3. The van der Waals surface area contributed by atoms with Crippen LogP contribution in [-0.4, -0.2) is 123 Å². The highest BCUT2D eigenvalue weighted by atomic mass is 35.5. The average molecular weight is 846 g/mol. The van der Waals surface area contributed by atoms with Gasteiger partial charge in [0.25, 0.3) is 11.8 Å². The number of aliphatic hydroxyl groups excluding tert-OH is 5. The van der Waals surface area contributed by atoms with Crippen molar-refractivity contribution in [3.63, 3.8) is 0 Å². The van der Waals surface area contributed by atoms with Gasteiger partial charge >= 0.3 is 0 Å². The van der Waals surface area contributed by atoms with Gasteiger partial charge in [-0.15, -0.1) is 24.8 Å². The number of carbonyl (C=O) groups excluding carboxylic acids is 2. The van der Waals surface area contributed by atoms with Crippen molar-refractivity contribution in [2.45, 2.75) is 76.9 Å². The van der Waals surface area contributed by atoms with Crippen LogP contribution in [0.15, 0.2) is 48.5 Å². The first-order valence-corrected chi connectivity index (χ1v) is 18.8. The number of aryl methyl sites for hydroxylation is 1. The third-order valence-corrected chi connectivity index (χ3v) is 9.51. The van der Waals surface area contributed by atoms with E-state index in [2.05, 4.69) is 38.9 Å². The number of hydrogen-bond donors (Lipinski definition) is 10. The highest BCUT2D eigenvalue weighted by Crippen LogP contribution is 2.18. The zero-order valence-corrected chi connectivity index (χ0v) is 34.3. The molecule has 0 saturated heterocycles. The largest absolute Gasteiger partial charge is 0.394 e. The Kier molecular flexibility index (Phi) is 24.0. The molecule has 2 aromatic carbocycles. The first-order valence-electron chi connectivity index (χ1n) is 18.4. The number of benzene rings is 2. The molecule has 0 fully saturated rings. The fourth-order valence-corrected chi connectivity index (χ4v) is 6.04. The number of nitrogens with zero attached hydrogens (tertiary/aromatic N) is 3. The summed E-state index contributed by atoms with van der Waals surface area (Å²) in [5.41, 5.74) is 15.2. The van der Waals surface area contributed by atoms with E-state index in [4.69, 9.17) is 28.2 Å². The van der Waals surface area contributed by atoms with Crippen LogP contribution in [0, 0.1) is 12.8 Å². The number of aromatic nitrogens is 2. The second-order valence-corrected chi connectivity index (χ2v) is 13.9. The van der Waals surface area contributed by atoms with Crippen molar-refractivity contribution in [3.05, 3.63) is 81.6 Å². The molecular formula is C38H59Cl3N8O7. The Labute approximate surface area is 346 Å². The molecule has 0 aliphatic rings. The summed E-state index contributed by atoms with van der Waals surface area (Å²) >= 11 is 5.97. The third-order valence-electron chi connectivity index (χ3n) is 9.23. The van der Waals surface area contributed by atoms with Crippen molar-refractivity contribution in [2.75, 3.05) is 57.3 Å². The zero-order chi connectivity index (χ0) is 39.6. The van der Waals surface area contributed by atoms with Gasteiger partial charge in [0, 0.05) is 44.8 Å². The molecule has 56 heavy (non-hydrogen) atoms. The molecule has 0 bridgehead atoms. The minimum atomic E-state index is -1.70. The van der Waals surface area contributed by atoms with E-state index in [-0.39, 0.29) is 72.2 Å². The van der Waals surface area contributed by atoms with Gasteiger partial charge in [-0.2, -0.15) is 0 Å². The number of rotatable bonds is 24. The molecule has 15 nitrogen and oxygen atoms in total. The van der Waals surface area contributed by atoms with E-state index < -0.39 is 36.9 Å². The SMILES string of the molecule is CCCCCCN(CCNC(=O)c1ccc(CNC[C@H](CNC(=O)c2nc(Cl)c(N)nc2N)Cc2ccccc2C)cc1)C[C@H](O)[C@@H](O)[C@H](O)[C@H](O)CO.Cl.Cl. The minimum Gasteiger partial charge on any atom is -0.394 e. The van der Waals surface area contributed by atoms with Crippen LogP contribution in [-0.2, 0) is 13.0 Å². The van der Waals surface area contributed by atoms with Gasteiger partial charge in [0.1, 0.15) is 18.3 Å². The quantitative estimate of drug-likeness (QED) is 0.0579. The molecule has 0 aliphatic heterocycles. The number of nitrogens with two attached hydrogens (primary N) is 2. The van der Waals surface area contributed by atoms with Crippen LogP contribution in [0.5, 0.6) is 0 Å². The third kappa shape index (κ3) is 16.6. The van der Waals surface area contributed by atoms with Crippen molar-refractivity contribution in [2.24, 2.45) is 5.92 Å². The maximum Gasteiger partial charge on any atom is 0.273 e. The fraction of sp³-hybridized carbons (Fsp3) is 0.526. The van der Waals surface area contributed by atoms with E-state index in [9.17, 15) is 30.0 Å². The molecule has 0 saturated carbocycles. The monoisotopic (exact) mass is 844 g/mol. The number of hydrogen-bond acceptors (Lipinski definition) is 13. The predicted molar refractivity (Wildman–Crippen MR) is 223 cm³/mol. The highest BCUT2D eigenvalue weighted by Gasteiger charge is 2.31. The topological polar surface area (TPSA) is 252 Å². The lowest BCUT2D eigenvalue weighted by atomic mass is 9.95. The lowest BCUT2D eigenvalue weighted by molar-refractivity contribution is -0.119. The Morgan fingerprint density at radius 2 is 1.52 bits per heavy atom. The number of nitrogen functional groups attached to an aromatic ring is 2. The Morgan fingerprint density at radius 3 is 2.18 bits per heavy atom. The molecule has 12 N–H and O–H groups in total. The normalized spacial score (nSPS) is 13.8. The van der Waals surface area contributed by atoms with Crippen molar-refractivity contribution in [1.29, 1.82) is 0 Å². The summed E-state index contributed by atoms with van der Waals surface area (Å²) < 4.78 is 0. The van der Waals surface area contributed by atoms with Gasteiger partial charge in [0.15, 0.2) is 22.5 Å². The van der Waals surface area contributed by atoms with Gasteiger partial charge in [-0.1, -0.05) is 74.2 Å². The van der Waals surface area contributed by atoms with Gasteiger partial charge in [-0.25, -0.2) is 9.97 Å². The fourth-order valence-electron chi connectivity index (χ4n) is 5.91. The molecule has 5 atom stereocenters. The van der Waals surface area contributed by atoms with Gasteiger partial charge < -0.3 is 53.0 Å². The highest BCUT2D eigenvalue weighted by molar-refractivity contribution is 6.31. The summed E-state index contributed by atoms with van der Waals surface area (Å²) in [6.07, 6.45) is -1.64. The number of anilines is 2. The smallest absolute Gasteiger partial charge is 0.273 e. The first kappa shape index (κ1) is 50.7. The van der Waals surface area contributed by atoms with E-state index in [1.54, 1.807) is 12.1 Å². The Bertz CT molecular complexity index is 1610. The molecule has 0 aliphatic carbocycles. The minimum absolute atomic E-state index is 0. The van der Waals surface area contributed by atoms with Crippen LogP contribution in [0.1, 0.15) is 70.1 Å². The number of unbranched alkanes of at least 4 members (excludes halogenated alkanes) is 3. The lowest BCUT2D eigenvalue weighted by Gasteiger charge is -2.30. The Morgan fingerprint density at radius 1 is 0.839 bits per heavy atom. The maximum absolute atomic E-state index is 13.0. The van der Waals surface area contributed by atoms with Crippen molar-refractivity contribution >= 4 is 59.9 Å². The standard InChI is InChI=1S/C38H57ClN8O7.2ClH/c1-3-4-5-8-16-47(22-29(49)32(51)33(52)30(50)23-48)17-15-43-37(53)27-13-11-25(12-14-27)19-42-20-26(18-28-10-7-6-9-24(28)2)21-44-38(54)31-35(40)46-36(41)34(39)45-31;;/h6-7,9-14,26,29-30,32-33,42,48-52H,3-5,8,15-23H2,1-2H3,(H,43,53)(H,44,54)(H4,40,41,46);2*1H/t26-,29+,30-,32-,33-;;/m1../s1. The second-order valence-electron chi connectivity index (χ2n) is 13.6. The van der Waals surface area contributed by atoms with E-state index >= 15 is 0 Å². The average Bonchev–Trinajstić information content (AvgIpc) is 3.16. The van der Waals surface area contributed by atoms with Gasteiger partial charge in [-0.3, -0.25) is 14.5 Å². The van der Waals surface area contributed by atoms with Crippen molar-refractivity contribution in [1.82, 2.24) is 30.8 Å². The molecule has 1 aromatic heterocycles. The van der Waals surface area contributed by atoms with E-state index in [1.807, 2.05) is 42.2 Å². The Hall–Kier alpha value is -3.35. The first-order chi connectivity index (χ1) is 25.8. The maximum atomic E-state index is 13.0. The molecular weight excluding hydrogens is 787 g/mol. The summed E-state index contributed by atoms with van der Waals surface area (Å²) in [4.78, 5) is 35.7. The van der Waals surface area contributed by atoms with Gasteiger partial charge in [0.2, 0.25) is 0 Å². The number of carbonyl (C=O) groups is 2. The zero-order valence-electron chi connectivity index (χ0n) is 31.9. The number of aliphatic hydroxyl groups is 5. The molecule has 3 aromatic rings. The van der Waals surface area contributed by atoms with E-state index in [0.717, 1.165) is 42.4 Å². The van der Waals surface area contributed by atoms with Crippen LogP contribution in [0.3, 0.4) is 0 Å². The van der Waals surface area contributed by atoms with Crippen LogP contribution in [0.2, 0.25) is 5.15 Å². The molecule has 1 heterocycles. The molecule has 0 radical (unpaired) electrons. The van der Waals surface area contributed by atoms with Crippen LogP contribution < -0.4 is 27.4 Å². The number of halogens is 3. The van der Waals surface area contributed by atoms with Crippen LogP contribution >= 0.6 is 36.4 Å². The van der Waals surface area contributed by atoms with E-state index in [1.165, 1.54) is 0 Å². The molecule has 314 valence electrons. The molecule has 2 amide bonds. The lowest BCUT2D eigenvalue weighted by Crippen LogP contribution is -2.50. The summed E-state index contributed by atoms with van der Waals surface area (Å²) in [7, 11) is 0. The molecule has 0 unspecified atom stereocenters. The molecule has 18 heteroatoms. The molecule has 0 spiro atoms. The van der Waals surface area contributed by atoms with Crippen molar-refractivity contribution < 1.29 is 35.1 Å². The van der Waals surface area contributed by atoms with Gasteiger partial charge in [0.05, 0.1) is 12.7 Å². The predicted octanol–water partition coefficient (Wildman–Crippen LogP) is 1.87. The number of amides is 2. The van der Waals surface area contributed by atoms with Crippen LogP contribution in [0.25, 0.3) is 0 Å². The van der Waals surface area contributed by atoms with E-state index in [0.29, 0.717) is 44.7 Å². The summed E-state index contributed by atoms with van der Waals surface area (Å²) in [5.74, 6) is -0.916. The summed E-state index contributed by atoms with van der Waals surface area (Å²) in [6, 6.07) is 15.3. The summed E-state index contributed by atoms with van der Waals surface area (Å²) in [6.45, 7) is 6.12. The van der Waals surface area contributed by atoms with Crippen LogP contribution in [0.4, 0.5) is 11.6 Å². The van der Waals surface area contributed by atoms with Gasteiger partial charge in [-0.05, 0) is 61.1 Å². The molecule has 3 rings (SSSR count). The second kappa shape index (κ2) is 26.5.